The van der Waals surface area contributed by atoms with Crippen LogP contribution in [0.4, 0.5) is 13.2 Å². The number of hydrogen-bond acceptors (Lipinski definition) is 2. The maximum Gasteiger partial charge on any atom is 0.416 e. The molecule has 1 aromatic carbocycles. The van der Waals surface area contributed by atoms with Crippen LogP contribution in [0.2, 0.25) is 19.6 Å². The molecule has 6 heteroatoms. The fourth-order valence-corrected chi connectivity index (χ4v) is 2.47. The molecule has 0 bridgehead atoms. The van der Waals surface area contributed by atoms with Gasteiger partial charge in [0, 0.05) is 0 Å². The van der Waals surface area contributed by atoms with E-state index in [0.717, 1.165) is 12.1 Å². The lowest BCUT2D eigenvalue weighted by Gasteiger charge is -2.22. The molecule has 1 unspecified atom stereocenters. The highest BCUT2D eigenvalue weighted by Gasteiger charge is 2.30. The Labute approximate surface area is 118 Å². The Morgan fingerprint density at radius 1 is 1.30 bits per heavy atom. The van der Waals surface area contributed by atoms with E-state index in [1.807, 2.05) is 19.6 Å². The molecule has 2 nitrogen and oxygen atoms in total. The van der Waals surface area contributed by atoms with Crippen LogP contribution >= 0.6 is 0 Å². The van der Waals surface area contributed by atoms with Gasteiger partial charge in [0.25, 0.3) is 0 Å². The van der Waals surface area contributed by atoms with Crippen LogP contribution in [0.1, 0.15) is 5.56 Å². The van der Waals surface area contributed by atoms with E-state index in [2.05, 4.69) is 5.92 Å². The first kappa shape index (κ1) is 16.6. The second-order valence-electron chi connectivity index (χ2n) is 5.22. The summed E-state index contributed by atoms with van der Waals surface area (Å²) in [5.41, 5.74) is -0.752. The molecule has 0 N–H and O–H groups in total. The smallest absolute Gasteiger partial charge is 0.416 e. The molecular formula is C14H17F3O2Si. The van der Waals surface area contributed by atoms with E-state index in [-0.39, 0.29) is 12.4 Å². The van der Waals surface area contributed by atoms with Gasteiger partial charge < -0.3 is 9.16 Å². The van der Waals surface area contributed by atoms with Crippen LogP contribution in [0.3, 0.4) is 0 Å². The fourth-order valence-electron chi connectivity index (χ4n) is 1.48. The molecule has 0 aliphatic heterocycles. The lowest BCUT2D eigenvalue weighted by molar-refractivity contribution is -0.137. The Hall–Kier alpha value is -1.45. The third-order valence-corrected chi connectivity index (χ3v) is 3.24. The average molecular weight is 302 g/mol. The quantitative estimate of drug-likeness (QED) is 0.606. The van der Waals surface area contributed by atoms with Crippen molar-refractivity contribution in [1.82, 2.24) is 0 Å². The topological polar surface area (TPSA) is 18.5 Å². The van der Waals surface area contributed by atoms with Gasteiger partial charge in [0.05, 0.1) is 5.56 Å². The fraction of sp³-hybridized carbons (Fsp3) is 0.429. The Kier molecular flexibility index (Phi) is 5.26. The van der Waals surface area contributed by atoms with Crippen LogP contribution in [0.5, 0.6) is 5.75 Å². The zero-order chi connectivity index (χ0) is 15.4. The minimum atomic E-state index is -4.39. The number of halogens is 3. The number of rotatable bonds is 5. The van der Waals surface area contributed by atoms with Gasteiger partial charge in [0.1, 0.15) is 18.5 Å². The highest BCUT2D eigenvalue weighted by Crippen LogP contribution is 2.31. The summed E-state index contributed by atoms with van der Waals surface area (Å²) in [6.45, 7) is 5.95. The van der Waals surface area contributed by atoms with Gasteiger partial charge in [0.2, 0.25) is 0 Å². The van der Waals surface area contributed by atoms with Gasteiger partial charge in [-0.15, -0.1) is 6.42 Å². The minimum Gasteiger partial charge on any atom is -0.490 e. The number of hydrogen-bond donors (Lipinski definition) is 0. The van der Waals surface area contributed by atoms with Crippen LogP contribution in [0.15, 0.2) is 24.3 Å². The van der Waals surface area contributed by atoms with E-state index in [1.165, 1.54) is 12.1 Å². The summed E-state index contributed by atoms with van der Waals surface area (Å²) in [5, 5.41) is 0. The van der Waals surface area contributed by atoms with E-state index >= 15 is 0 Å². The highest BCUT2D eigenvalue weighted by molar-refractivity contribution is 6.69. The molecule has 0 spiro atoms. The summed E-state index contributed by atoms with van der Waals surface area (Å²) in [4.78, 5) is 0. The Morgan fingerprint density at radius 3 is 2.45 bits per heavy atom. The SMILES string of the molecule is C#CC(COc1cccc(C(F)(F)F)c1)O[Si](C)(C)C. The summed E-state index contributed by atoms with van der Waals surface area (Å²) >= 11 is 0. The normalized spacial score (nSPS) is 13.7. The monoisotopic (exact) mass is 302 g/mol. The molecule has 20 heavy (non-hydrogen) atoms. The van der Waals surface area contributed by atoms with Gasteiger partial charge in [-0.1, -0.05) is 12.0 Å². The van der Waals surface area contributed by atoms with Gasteiger partial charge in [-0.25, -0.2) is 0 Å². The van der Waals surface area contributed by atoms with E-state index < -0.39 is 26.2 Å². The molecule has 0 aliphatic carbocycles. The van der Waals surface area contributed by atoms with Crippen LogP contribution in [-0.2, 0) is 10.6 Å². The lowest BCUT2D eigenvalue weighted by Crippen LogP contribution is -2.34. The molecule has 0 aliphatic rings. The summed E-state index contributed by atoms with van der Waals surface area (Å²) in [7, 11) is -1.82. The average Bonchev–Trinajstić information content (AvgIpc) is 2.32. The van der Waals surface area contributed by atoms with E-state index in [9.17, 15) is 13.2 Å². The van der Waals surface area contributed by atoms with Crippen molar-refractivity contribution in [2.45, 2.75) is 31.9 Å². The van der Waals surface area contributed by atoms with Crippen LogP contribution in [-0.4, -0.2) is 21.0 Å². The molecule has 0 saturated carbocycles. The predicted molar refractivity (Wildman–Crippen MR) is 74.0 cm³/mol. The van der Waals surface area contributed by atoms with E-state index in [1.54, 1.807) is 0 Å². The number of ether oxygens (including phenoxy) is 1. The maximum atomic E-state index is 12.5. The molecule has 0 radical (unpaired) electrons. The summed E-state index contributed by atoms with van der Waals surface area (Å²) in [6.07, 6.45) is 0.382. The van der Waals surface area contributed by atoms with Crippen LogP contribution in [0, 0.1) is 12.3 Å². The first-order valence-corrected chi connectivity index (χ1v) is 9.46. The minimum absolute atomic E-state index is 0.0298. The summed E-state index contributed by atoms with van der Waals surface area (Å²) in [5.74, 6) is 2.56. The van der Waals surface area contributed by atoms with E-state index in [4.69, 9.17) is 15.6 Å². The van der Waals surface area contributed by atoms with Crippen LogP contribution < -0.4 is 4.74 Å². The molecule has 0 heterocycles. The van der Waals surface area contributed by atoms with Crippen molar-refractivity contribution in [3.63, 3.8) is 0 Å². The van der Waals surface area contributed by atoms with Crippen molar-refractivity contribution < 1.29 is 22.3 Å². The van der Waals surface area contributed by atoms with Crippen molar-refractivity contribution in [2.75, 3.05) is 6.61 Å². The Bertz CT molecular complexity index is 486. The molecule has 1 atom stereocenters. The predicted octanol–water partition coefficient (Wildman–Crippen LogP) is 3.94. The Morgan fingerprint density at radius 2 is 1.95 bits per heavy atom. The van der Waals surface area contributed by atoms with Crippen LogP contribution in [0.25, 0.3) is 0 Å². The van der Waals surface area contributed by atoms with Crippen molar-refractivity contribution in [3.8, 4) is 18.1 Å². The molecular weight excluding hydrogens is 285 g/mol. The number of alkyl halides is 3. The van der Waals surface area contributed by atoms with Crippen molar-refractivity contribution in [1.29, 1.82) is 0 Å². The molecule has 110 valence electrons. The third-order valence-electron chi connectivity index (χ3n) is 2.24. The highest BCUT2D eigenvalue weighted by atomic mass is 28.4. The summed E-state index contributed by atoms with van der Waals surface area (Å²) < 4.78 is 48.6. The number of terminal acetylenes is 1. The summed E-state index contributed by atoms with van der Waals surface area (Å²) in [6, 6.07) is 4.69. The first-order valence-electron chi connectivity index (χ1n) is 6.06. The molecule has 0 amide bonds. The zero-order valence-corrected chi connectivity index (χ0v) is 12.6. The molecule has 1 rings (SSSR count). The van der Waals surface area contributed by atoms with Crippen molar-refractivity contribution >= 4 is 8.32 Å². The maximum absolute atomic E-state index is 12.5. The van der Waals surface area contributed by atoms with Gasteiger partial charge in [-0.2, -0.15) is 13.2 Å². The molecule has 1 aromatic rings. The zero-order valence-electron chi connectivity index (χ0n) is 11.6. The lowest BCUT2D eigenvalue weighted by atomic mass is 10.2. The van der Waals surface area contributed by atoms with Crippen molar-refractivity contribution in [3.05, 3.63) is 29.8 Å². The van der Waals surface area contributed by atoms with Gasteiger partial charge in [0.15, 0.2) is 8.32 Å². The Balaban J connectivity index is 2.68. The largest absolute Gasteiger partial charge is 0.490 e. The molecule has 0 fully saturated rings. The van der Waals surface area contributed by atoms with Gasteiger partial charge in [-0.3, -0.25) is 0 Å². The first-order chi connectivity index (χ1) is 9.12. The second-order valence-corrected chi connectivity index (χ2v) is 9.68. The van der Waals surface area contributed by atoms with Crippen molar-refractivity contribution in [2.24, 2.45) is 0 Å². The third kappa shape index (κ3) is 5.68. The van der Waals surface area contributed by atoms with Gasteiger partial charge >= 0.3 is 6.18 Å². The second kappa shape index (κ2) is 6.33. The molecule has 0 saturated heterocycles. The van der Waals surface area contributed by atoms with Gasteiger partial charge in [-0.05, 0) is 37.8 Å². The number of benzene rings is 1. The van der Waals surface area contributed by atoms with E-state index in [0.29, 0.717) is 0 Å². The standard InChI is InChI=1S/C14H17F3O2Si/c1-5-12(19-20(2,3)4)10-18-13-8-6-7-11(9-13)14(15,16)17/h1,6-9,12H,10H2,2-4H3. The molecule has 0 aromatic heterocycles.